The number of anilines is 1. The second kappa shape index (κ2) is 8.67. The van der Waals surface area contributed by atoms with Gasteiger partial charge in [-0.25, -0.2) is 4.98 Å². The number of H-pyrrole nitrogens is 1. The van der Waals surface area contributed by atoms with Crippen molar-refractivity contribution in [1.29, 1.82) is 0 Å². The van der Waals surface area contributed by atoms with E-state index in [9.17, 15) is 4.79 Å². The number of aromatic nitrogens is 4. The first-order valence-electron chi connectivity index (χ1n) is 10.8. The summed E-state index contributed by atoms with van der Waals surface area (Å²) in [6, 6.07) is 0. The van der Waals surface area contributed by atoms with Crippen LogP contribution in [0, 0.1) is 13.8 Å². The molecule has 0 aromatic carbocycles. The van der Waals surface area contributed by atoms with Crippen molar-refractivity contribution in [3.63, 3.8) is 0 Å². The highest BCUT2D eigenvalue weighted by atomic mass is 16.5. The quantitative estimate of drug-likeness (QED) is 0.818. The molecule has 0 amide bonds. The van der Waals surface area contributed by atoms with E-state index in [1.807, 2.05) is 0 Å². The van der Waals surface area contributed by atoms with Crippen LogP contribution in [0.25, 0.3) is 0 Å². The van der Waals surface area contributed by atoms with Crippen LogP contribution in [-0.2, 0) is 30.7 Å². The number of aryl methyl sites for hydroxylation is 2. The Balaban J connectivity index is 1.50. The third-order valence-corrected chi connectivity index (χ3v) is 6.09. The number of nitrogens with one attached hydrogen (secondary N) is 1. The summed E-state index contributed by atoms with van der Waals surface area (Å²) in [7, 11) is 0. The lowest BCUT2D eigenvalue weighted by Gasteiger charge is -2.27. The predicted octanol–water partition coefficient (Wildman–Crippen LogP) is 1.43. The maximum absolute atomic E-state index is 12.7. The minimum absolute atomic E-state index is 0.0152. The molecule has 2 aromatic heterocycles. The molecule has 8 nitrogen and oxygen atoms in total. The molecular weight excluding hydrogens is 368 g/mol. The molecule has 158 valence electrons. The Morgan fingerprint density at radius 3 is 2.62 bits per heavy atom. The SMILES string of the molecule is CCCn1nc(C)c(CN2CCc3nc(N4CCOCC4)[nH]c(=O)c3CC2)c1C. The van der Waals surface area contributed by atoms with Crippen molar-refractivity contribution in [2.75, 3.05) is 44.3 Å². The van der Waals surface area contributed by atoms with Crippen LogP contribution in [0.1, 0.15) is 41.6 Å². The average Bonchev–Trinajstić information content (AvgIpc) is 2.88. The van der Waals surface area contributed by atoms with Gasteiger partial charge < -0.3 is 9.64 Å². The van der Waals surface area contributed by atoms with Gasteiger partial charge in [-0.2, -0.15) is 5.10 Å². The largest absolute Gasteiger partial charge is 0.378 e. The van der Waals surface area contributed by atoms with Crippen LogP contribution in [0.3, 0.4) is 0 Å². The molecule has 2 aliphatic rings. The van der Waals surface area contributed by atoms with Crippen molar-refractivity contribution in [3.05, 3.63) is 38.6 Å². The van der Waals surface area contributed by atoms with Crippen LogP contribution in [0.15, 0.2) is 4.79 Å². The monoisotopic (exact) mass is 400 g/mol. The molecule has 0 bridgehead atoms. The van der Waals surface area contributed by atoms with Gasteiger partial charge in [-0.1, -0.05) is 6.92 Å². The van der Waals surface area contributed by atoms with E-state index in [0.29, 0.717) is 19.2 Å². The summed E-state index contributed by atoms with van der Waals surface area (Å²) >= 11 is 0. The third-order valence-electron chi connectivity index (χ3n) is 6.09. The zero-order valence-corrected chi connectivity index (χ0v) is 17.8. The molecule has 2 aliphatic heterocycles. The Kier molecular flexibility index (Phi) is 6.01. The van der Waals surface area contributed by atoms with Crippen LogP contribution >= 0.6 is 0 Å². The van der Waals surface area contributed by atoms with Gasteiger partial charge in [-0.15, -0.1) is 0 Å². The van der Waals surface area contributed by atoms with Gasteiger partial charge in [-0.3, -0.25) is 19.4 Å². The molecule has 0 saturated carbocycles. The minimum atomic E-state index is 0.0152. The standard InChI is InChI=1S/C21H32N6O2/c1-4-7-27-16(3)18(15(2)24-27)14-25-8-5-17-19(6-9-25)22-21(23-20(17)28)26-10-12-29-13-11-26/h4-14H2,1-3H3,(H,22,23,28). The Labute approximate surface area is 171 Å². The zero-order valence-electron chi connectivity index (χ0n) is 17.8. The number of aromatic amines is 1. The highest BCUT2D eigenvalue weighted by molar-refractivity contribution is 5.34. The highest BCUT2D eigenvalue weighted by Crippen LogP contribution is 2.20. The summed E-state index contributed by atoms with van der Waals surface area (Å²) in [5.74, 6) is 0.693. The topological polar surface area (TPSA) is 79.3 Å². The summed E-state index contributed by atoms with van der Waals surface area (Å²) in [5, 5.41) is 4.71. The molecule has 4 rings (SSSR count). The maximum Gasteiger partial charge on any atom is 0.255 e. The van der Waals surface area contributed by atoms with Crippen molar-refractivity contribution < 1.29 is 4.74 Å². The molecule has 0 atom stereocenters. The van der Waals surface area contributed by atoms with Crippen molar-refractivity contribution in [2.45, 2.75) is 53.1 Å². The van der Waals surface area contributed by atoms with Crippen LogP contribution in [0.4, 0.5) is 5.95 Å². The first-order chi connectivity index (χ1) is 14.1. The molecule has 0 radical (unpaired) electrons. The lowest BCUT2D eigenvalue weighted by molar-refractivity contribution is 0.122. The average molecular weight is 401 g/mol. The van der Waals surface area contributed by atoms with E-state index in [2.05, 4.69) is 40.2 Å². The van der Waals surface area contributed by atoms with Crippen molar-refractivity contribution >= 4 is 5.95 Å². The number of morpholine rings is 1. The molecule has 0 unspecified atom stereocenters. The van der Waals surface area contributed by atoms with Crippen LogP contribution in [0.5, 0.6) is 0 Å². The summed E-state index contributed by atoms with van der Waals surface area (Å²) in [6.07, 6.45) is 2.63. The molecular formula is C21H32N6O2. The normalized spacial score (nSPS) is 18.0. The van der Waals surface area contributed by atoms with Gasteiger partial charge in [0.05, 0.1) is 24.6 Å². The fourth-order valence-corrected chi connectivity index (χ4v) is 4.34. The van der Waals surface area contributed by atoms with Gasteiger partial charge >= 0.3 is 0 Å². The number of ether oxygens (including phenoxy) is 1. The minimum Gasteiger partial charge on any atom is -0.378 e. The lowest BCUT2D eigenvalue weighted by atomic mass is 10.1. The van der Waals surface area contributed by atoms with E-state index >= 15 is 0 Å². The Bertz CT molecular complexity index is 913. The van der Waals surface area contributed by atoms with Gasteiger partial charge in [-0.05, 0) is 26.7 Å². The van der Waals surface area contributed by atoms with Gasteiger partial charge in [0.25, 0.3) is 5.56 Å². The molecule has 1 saturated heterocycles. The molecule has 29 heavy (non-hydrogen) atoms. The summed E-state index contributed by atoms with van der Waals surface area (Å²) in [6.45, 7) is 13.0. The molecule has 4 heterocycles. The second-order valence-corrected chi connectivity index (χ2v) is 8.06. The van der Waals surface area contributed by atoms with Gasteiger partial charge in [0.2, 0.25) is 5.95 Å². The van der Waals surface area contributed by atoms with Gasteiger partial charge in [0.15, 0.2) is 0 Å². The fraction of sp³-hybridized carbons (Fsp3) is 0.667. The molecule has 2 aromatic rings. The predicted molar refractivity (Wildman–Crippen MR) is 113 cm³/mol. The fourth-order valence-electron chi connectivity index (χ4n) is 4.34. The first kappa shape index (κ1) is 20.1. The van der Waals surface area contributed by atoms with Gasteiger partial charge in [0.1, 0.15) is 0 Å². The number of hydrogen-bond acceptors (Lipinski definition) is 6. The summed E-state index contributed by atoms with van der Waals surface area (Å²) < 4.78 is 7.54. The molecule has 8 heteroatoms. The number of hydrogen-bond donors (Lipinski definition) is 1. The summed E-state index contributed by atoms with van der Waals surface area (Å²) in [4.78, 5) is 25.1. The number of fused-ring (bicyclic) bond motifs is 1. The van der Waals surface area contributed by atoms with Crippen LogP contribution < -0.4 is 10.5 Å². The first-order valence-corrected chi connectivity index (χ1v) is 10.8. The third kappa shape index (κ3) is 4.23. The molecule has 0 spiro atoms. The van der Waals surface area contributed by atoms with E-state index in [0.717, 1.165) is 75.5 Å². The van der Waals surface area contributed by atoms with E-state index in [1.165, 1.54) is 11.3 Å². The number of rotatable bonds is 5. The zero-order chi connectivity index (χ0) is 20.4. The Hall–Kier alpha value is -2.19. The molecule has 1 fully saturated rings. The van der Waals surface area contributed by atoms with Crippen molar-refractivity contribution in [2.24, 2.45) is 0 Å². The van der Waals surface area contributed by atoms with Gasteiger partial charge in [0, 0.05) is 62.5 Å². The van der Waals surface area contributed by atoms with E-state index in [1.54, 1.807) is 0 Å². The van der Waals surface area contributed by atoms with E-state index in [-0.39, 0.29) is 5.56 Å². The number of nitrogens with zero attached hydrogens (tertiary/aromatic N) is 5. The Morgan fingerprint density at radius 1 is 1.10 bits per heavy atom. The van der Waals surface area contributed by atoms with Crippen LogP contribution in [0.2, 0.25) is 0 Å². The molecule has 0 aliphatic carbocycles. The maximum atomic E-state index is 12.7. The lowest BCUT2D eigenvalue weighted by Crippen LogP contribution is -2.38. The second-order valence-electron chi connectivity index (χ2n) is 8.06. The van der Waals surface area contributed by atoms with Crippen molar-refractivity contribution in [1.82, 2.24) is 24.6 Å². The molecule has 1 N–H and O–H groups in total. The van der Waals surface area contributed by atoms with E-state index < -0.39 is 0 Å². The Morgan fingerprint density at radius 2 is 1.86 bits per heavy atom. The van der Waals surface area contributed by atoms with E-state index in [4.69, 9.17) is 14.8 Å². The van der Waals surface area contributed by atoms with Crippen molar-refractivity contribution in [3.8, 4) is 0 Å². The smallest absolute Gasteiger partial charge is 0.255 e. The summed E-state index contributed by atoms with van der Waals surface area (Å²) in [5.41, 5.74) is 5.51. The van der Waals surface area contributed by atoms with Crippen LogP contribution in [-0.4, -0.2) is 64.0 Å². The highest BCUT2D eigenvalue weighted by Gasteiger charge is 2.23.